The van der Waals surface area contributed by atoms with Crippen molar-refractivity contribution >= 4 is 28.2 Å². The number of amides is 1. The van der Waals surface area contributed by atoms with E-state index in [0.29, 0.717) is 17.9 Å². The Bertz CT molecular complexity index is 658. The van der Waals surface area contributed by atoms with E-state index in [1.807, 2.05) is 24.1 Å². The molecule has 25 heavy (non-hydrogen) atoms. The van der Waals surface area contributed by atoms with Gasteiger partial charge in [0.2, 0.25) is 5.91 Å². The summed E-state index contributed by atoms with van der Waals surface area (Å²) < 4.78 is 23.0. The van der Waals surface area contributed by atoms with Crippen LogP contribution >= 0.6 is 12.4 Å². The van der Waals surface area contributed by atoms with Crippen LogP contribution in [0.3, 0.4) is 0 Å². The number of sulfone groups is 1. The van der Waals surface area contributed by atoms with Crippen molar-refractivity contribution in [2.75, 3.05) is 46.0 Å². The molecule has 0 aromatic heterocycles. The molecule has 8 heteroatoms. The number of carbonyl (C=O) groups is 1. The maximum absolute atomic E-state index is 12.2. The molecule has 0 bridgehead atoms. The fourth-order valence-corrected chi connectivity index (χ4v) is 3.42. The zero-order valence-corrected chi connectivity index (χ0v) is 16.7. The molecule has 1 fully saturated rings. The summed E-state index contributed by atoms with van der Waals surface area (Å²) in [7, 11) is -1.18. The van der Waals surface area contributed by atoms with E-state index in [1.165, 1.54) is 6.26 Å². The number of benzene rings is 1. The van der Waals surface area contributed by atoms with Crippen LogP contribution in [-0.2, 0) is 14.6 Å². The van der Waals surface area contributed by atoms with E-state index in [0.717, 1.165) is 31.7 Å². The van der Waals surface area contributed by atoms with Gasteiger partial charge in [-0.3, -0.25) is 9.69 Å². The summed E-state index contributed by atoms with van der Waals surface area (Å²) in [6.45, 7) is 6.04. The molecule has 1 aromatic carbocycles. The molecule has 1 aliphatic rings. The van der Waals surface area contributed by atoms with Crippen LogP contribution in [0.2, 0.25) is 0 Å². The van der Waals surface area contributed by atoms with E-state index in [-0.39, 0.29) is 24.4 Å². The first-order valence-corrected chi connectivity index (χ1v) is 10.2. The van der Waals surface area contributed by atoms with Gasteiger partial charge >= 0.3 is 0 Å². The maximum atomic E-state index is 12.2. The predicted molar refractivity (Wildman–Crippen MR) is 102 cm³/mol. The highest BCUT2D eigenvalue weighted by molar-refractivity contribution is 7.90. The van der Waals surface area contributed by atoms with Gasteiger partial charge in [-0.2, -0.15) is 0 Å². The van der Waals surface area contributed by atoms with E-state index in [1.54, 1.807) is 12.1 Å². The quantitative estimate of drug-likeness (QED) is 0.794. The van der Waals surface area contributed by atoms with Crippen LogP contribution in [0.5, 0.6) is 0 Å². The zero-order chi connectivity index (χ0) is 17.7. The predicted octanol–water partition coefficient (Wildman–Crippen LogP) is 1.33. The number of hydrogen-bond donors (Lipinski definition) is 1. The first-order valence-electron chi connectivity index (χ1n) is 8.28. The monoisotopic (exact) mass is 389 g/mol. The summed E-state index contributed by atoms with van der Waals surface area (Å²) >= 11 is 0. The molecule has 1 aromatic rings. The van der Waals surface area contributed by atoms with E-state index >= 15 is 0 Å². The second kappa shape index (κ2) is 9.52. The smallest absolute Gasteiger partial charge is 0.223 e. The third kappa shape index (κ3) is 6.26. The molecular formula is C17H28ClN3O3S. The molecule has 0 aliphatic carbocycles. The second-order valence-corrected chi connectivity index (χ2v) is 8.39. The number of piperazine rings is 1. The normalized spacial score (nSPS) is 16.4. The molecule has 1 amide bonds. The molecule has 142 valence electrons. The molecule has 1 heterocycles. The summed E-state index contributed by atoms with van der Waals surface area (Å²) in [5.41, 5.74) is 1.04. The van der Waals surface area contributed by atoms with Crippen molar-refractivity contribution in [3.63, 3.8) is 0 Å². The molecule has 0 spiro atoms. The Morgan fingerprint density at radius 3 is 2.32 bits per heavy atom. The maximum Gasteiger partial charge on any atom is 0.223 e. The first kappa shape index (κ1) is 21.9. The minimum atomic E-state index is -3.17. The van der Waals surface area contributed by atoms with Gasteiger partial charge in [0.1, 0.15) is 0 Å². The Morgan fingerprint density at radius 1 is 1.24 bits per heavy atom. The van der Waals surface area contributed by atoms with Crippen LogP contribution in [-0.4, -0.2) is 70.2 Å². The lowest BCUT2D eigenvalue weighted by Gasteiger charge is -2.29. The van der Waals surface area contributed by atoms with Crippen molar-refractivity contribution in [2.45, 2.75) is 24.3 Å². The summed E-state index contributed by atoms with van der Waals surface area (Å²) in [6.07, 6.45) is 1.71. The summed E-state index contributed by atoms with van der Waals surface area (Å²) in [5.74, 6) is 0.197. The number of halogens is 1. The van der Waals surface area contributed by atoms with Crippen LogP contribution in [0.1, 0.15) is 24.9 Å². The Kier molecular flexibility index (Phi) is 8.34. The van der Waals surface area contributed by atoms with Crippen LogP contribution in [0.4, 0.5) is 0 Å². The SMILES string of the molecule is CC(c1ccc(S(C)(=O)=O)cc1)N(C)CCC(=O)N1CCNCC1.Cl. The molecule has 1 aliphatic heterocycles. The van der Waals surface area contributed by atoms with Gasteiger partial charge in [0.25, 0.3) is 0 Å². The molecule has 1 atom stereocenters. The highest BCUT2D eigenvalue weighted by Crippen LogP contribution is 2.21. The van der Waals surface area contributed by atoms with E-state index in [4.69, 9.17) is 0 Å². The van der Waals surface area contributed by atoms with Crippen LogP contribution in [0.15, 0.2) is 29.2 Å². The second-order valence-electron chi connectivity index (χ2n) is 6.38. The topological polar surface area (TPSA) is 69.7 Å². The summed E-state index contributed by atoms with van der Waals surface area (Å²) in [6, 6.07) is 7.09. The molecule has 0 radical (unpaired) electrons. The van der Waals surface area contributed by atoms with Crippen molar-refractivity contribution < 1.29 is 13.2 Å². The van der Waals surface area contributed by atoms with Gasteiger partial charge in [-0.05, 0) is 31.7 Å². The fraction of sp³-hybridized carbons (Fsp3) is 0.588. The molecule has 0 saturated carbocycles. The van der Waals surface area contributed by atoms with Crippen LogP contribution < -0.4 is 5.32 Å². The zero-order valence-electron chi connectivity index (χ0n) is 15.1. The van der Waals surface area contributed by atoms with Gasteiger partial charge in [-0.15, -0.1) is 12.4 Å². The average molecular weight is 390 g/mol. The molecule has 1 N–H and O–H groups in total. The highest BCUT2D eigenvalue weighted by Gasteiger charge is 2.18. The largest absolute Gasteiger partial charge is 0.340 e. The lowest BCUT2D eigenvalue weighted by molar-refractivity contribution is -0.132. The van der Waals surface area contributed by atoms with E-state index < -0.39 is 9.84 Å². The number of hydrogen-bond acceptors (Lipinski definition) is 5. The Labute approximate surface area is 156 Å². The summed E-state index contributed by atoms with van der Waals surface area (Å²) in [4.78, 5) is 16.6. The van der Waals surface area contributed by atoms with Crippen LogP contribution in [0.25, 0.3) is 0 Å². The minimum Gasteiger partial charge on any atom is -0.340 e. The fourth-order valence-electron chi connectivity index (χ4n) is 2.79. The van der Waals surface area contributed by atoms with Crippen molar-refractivity contribution in [3.05, 3.63) is 29.8 Å². The van der Waals surface area contributed by atoms with Gasteiger partial charge in [0.15, 0.2) is 9.84 Å². The van der Waals surface area contributed by atoms with Gasteiger partial charge in [0.05, 0.1) is 4.90 Å². The third-order valence-corrected chi connectivity index (χ3v) is 5.73. The van der Waals surface area contributed by atoms with Crippen molar-refractivity contribution in [3.8, 4) is 0 Å². The van der Waals surface area contributed by atoms with Crippen molar-refractivity contribution in [2.24, 2.45) is 0 Å². The Morgan fingerprint density at radius 2 is 1.80 bits per heavy atom. The van der Waals surface area contributed by atoms with Crippen molar-refractivity contribution in [1.82, 2.24) is 15.1 Å². The Hall–Kier alpha value is -1.15. The molecule has 6 nitrogen and oxygen atoms in total. The van der Waals surface area contributed by atoms with Gasteiger partial charge in [-0.25, -0.2) is 8.42 Å². The Balaban J connectivity index is 0.00000312. The van der Waals surface area contributed by atoms with Gasteiger partial charge in [0, 0.05) is 51.4 Å². The minimum absolute atomic E-state index is 0. The van der Waals surface area contributed by atoms with E-state index in [2.05, 4.69) is 17.1 Å². The number of carbonyl (C=O) groups excluding carboxylic acids is 1. The number of nitrogens with zero attached hydrogens (tertiary/aromatic N) is 2. The van der Waals surface area contributed by atoms with Gasteiger partial charge in [-0.1, -0.05) is 12.1 Å². The number of rotatable bonds is 6. The lowest BCUT2D eigenvalue weighted by Crippen LogP contribution is -2.47. The standard InChI is InChI=1S/C17H27N3O3S.ClH/c1-14(15-4-6-16(7-5-15)24(3,22)23)19(2)11-8-17(21)20-12-9-18-10-13-20;/h4-7,14,18H,8-13H2,1-3H3;1H. The van der Waals surface area contributed by atoms with Crippen LogP contribution in [0, 0.1) is 0 Å². The molecule has 1 unspecified atom stereocenters. The highest BCUT2D eigenvalue weighted by atomic mass is 35.5. The summed E-state index contributed by atoms with van der Waals surface area (Å²) in [5, 5.41) is 3.24. The molecule has 2 rings (SSSR count). The average Bonchev–Trinajstić information content (AvgIpc) is 2.58. The number of nitrogens with one attached hydrogen (secondary N) is 1. The van der Waals surface area contributed by atoms with Gasteiger partial charge < -0.3 is 10.2 Å². The lowest BCUT2D eigenvalue weighted by atomic mass is 10.1. The van der Waals surface area contributed by atoms with Crippen molar-refractivity contribution in [1.29, 1.82) is 0 Å². The molecular weight excluding hydrogens is 362 g/mol. The molecule has 1 saturated heterocycles. The third-order valence-electron chi connectivity index (χ3n) is 4.60. The first-order chi connectivity index (χ1) is 11.3. The van der Waals surface area contributed by atoms with E-state index in [9.17, 15) is 13.2 Å².